The van der Waals surface area contributed by atoms with E-state index in [-0.39, 0.29) is 24.7 Å². The number of esters is 1. The Labute approximate surface area is 166 Å². The molecule has 11 heteroatoms. The van der Waals surface area contributed by atoms with Crippen molar-refractivity contribution < 1.29 is 23.1 Å². The molecular formula is C18H22F2N6O3. The molecule has 1 aliphatic heterocycles. The van der Waals surface area contributed by atoms with Crippen molar-refractivity contribution in [3.63, 3.8) is 0 Å². The molecule has 1 fully saturated rings. The van der Waals surface area contributed by atoms with Crippen LogP contribution in [0.2, 0.25) is 0 Å². The number of nitrogens with zero attached hydrogens (tertiary/aromatic N) is 6. The van der Waals surface area contributed by atoms with Crippen LogP contribution in [0.4, 0.5) is 8.78 Å². The van der Waals surface area contributed by atoms with Crippen LogP contribution in [0.5, 0.6) is 0 Å². The van der Waals surface area contributed by atoms with Crippen LogP contribution in [0, 0.1) is 11.6 Å². The first-order chi connectivity index (χ1) is 14.0. The third-order valence-electron chi connectivity index (χ3n) is 4.62. The second-order valence-corrected chi connectivity index (χ2v) is 6.57. The van der Waals surface area contributed by atoms with Crippen LogP contribution in [0.25, 0.3) is 5.69 Å². The van der Waals surface area contributed by atoms with E-state index in [1.165, 1.54) is 10.7 Å². The van der Waals surface area contributed by atoms with E-state index in [4.69, 9.17) is 4.74 Å². The summed E-state index contributed by atoms with van der Waals surface area (Å²) in [4.78, 5) is 27.4. The fourth-order valence-electron chi connectivity index (χ4n) is 3.08. The van der Waals surface area contributed by atoms with Gasteiger partial charge in [-0.25, -0.2) is 8.78 Å². The molecule has 0 aliphatic carbocycles. The van der Waals surface area contributed by atoms with Gasteiger partial charge in [-0.15, -0.1) is 5.10 Å². The Bertz CT molecular complexity index is 867. The van der Waals surface area contributed by atoms with Crippen molar-refractivity contribution >= 4 is 11.9 Å². The fourth-order valence-corrected chi connectivity index (χ4v) is 3.08. The molecule has 2 aromatic rings. The lowest BCUT2D eigenvalue weighted by atomic mass is 10.2. The topological polar surface area (TPSA) is 93.5 Å². The van der Waals surface area contributed by atoms with Crippen LogP contribution < -0.4 is 0 Å². The lowest BCUT2D eigenvalue weighted by molar-refractivity contribution is -0.146. The highest BCUT2D eigenvalue weighted by molar-refractivity contribution is 5.81. The highest BCUT2D eigenvalue weighted by atomic mass is 19.2. The Morgan fingerprint density at radius 2 is 1.86 bits per heavy atom. The first-order valence-corrected chi connectivity index (χ1v) is 9.36. The van der Waals surface area contributed by atoms with Gasteiger partial charge in [0.05, 0.1) is 25.3 Å². The Morgan fingerprint density at radius 3 is 2.55 bits per heavy atom. The number of piperazine rings is 1. The van der Waals surface area contributed by atoms with Crippen LogP contribution in [0.1, 0.15) is 25.6 Å². The molecule has 1 aromatic carbocycles. The molecule has 0 bridgehead atoms. The van der Waals surface area contributed by atoms with Gasteiger partial charge in [-0.3, -0.25) is 14.5 Å². The molecule has 0 saturated carbocycles. The van der Waals surface area contributed by atoms with E-state index in [1.807, 2.05) is 0 Å². The normalized spacial score (nSPS) is 14.8. The van der Waals surface area contributed by atoms with Gasteiger partial charge in [-0.1, -0.05) is 0 Å². The Morgan fingerprint density at radius 1 is 1.10 bits per heavy atom. The van der Waals surface area contributed by atoms with Crippen molar-refractivity contribution in [1.82, 2.24) is 30.0 Å². The van der Waals surface area contributed by atoms with Gasteiger partial charge in [0.2, 0.25) is 5.91 Å². The predicted molar refractivity (Wildman–Crippen MR) is 96.8 cm³/mol. The third-order valence-corrected chi connectivity index (χ3v) is 4.62. The number of benzene rings is 1. The van der Waals surface area contributed by atoms with E-state index < -0.39 is 11.6 Å². The first-order valence-electron chi connectivity index (χ1n) is 9.36. The largest absolute Gasteiger partial charge is 0.466 e. The molecule has 1 aliphatic rings. The summed E-state index contributed by atoms with van der Waals surface area (Å²) in [5, 5.41) is 11.5. The van der Waals surface area contributed by atoms with Crippen LogP contribution in [0.3, 0.4) is 0 Å². The van der Waals surface area contributed by atoms with Gasteiger partial charge in [-0.05, 0) is 29.5 Å². The molecule has 1 aromatic heterocycles. The summed E-state index contributed by atoms with van der Waals surface area (Å²) in [6.45, 7) is 4.68. The number of hydrogen-bond donors (Lipinski definition) is 0. The molecule has 9 nitrogen and oxygen atoms in total. The molecule has 2 heterocycles. The number of halogens is 2. The highest BCUT2D eigenvalue weighted by Crippen LogP contribution is 2.15. The minimum atomic E-state index is -0.973. The summed E-state index contributed by atoms with van der Waals surface area (Å²) in [5.74, 6) is -1.88. The molecule has 0 radical (unpaired) electrons. The number of amides is 1. The second kappa shape index (κ2) is 9.50. The van der Waals surface area contributed by atoms with Gasteiger partial charge in [0.15, 0.2) is 17.5 Å². The zero-order valence-corrected chi connectivity index (χ0v) is 16.1. The van der Waals surface area contributed by atoms with Crippen molar-refractivity contribution in [2.24, 2.45) is 0 Å². The smallest absolute Gasteiger partial charge is 0.306 e. The fraction of sp³-hybridized carbons (Fsp3) is 0.500. The maximum Gasteiger partial charge on any atom is 0.306 e. The van der Waals surface area contributed by atoms with Crippen molar-refractivity contribution in [2.75, 3.05) is 32.8 Å². The Kier molecular flexibility index (Phi) is 6.81. The van der Waals surface area contributed by atoms with Crippen molar-refractivity contribution in [3.05, 3.63) is 35.7 Å². The van der Waals surface area contributed by atoms with Crippen LogP contribution in [-0.2, 0) is 20.9 Å². The van der Waals surface area contributed by atoms with Crippen LogP contribution in [0.15, 0.2) is 18.2 Å². The van der Waals surface area contributed by atoms with Crippen LogP contribution in [-0.4, -0.2) is 74.7 Å². The number of rotatable bonds is 7. The lowest BCUT2D eigenvalue weighted by Crippen LogP contribution is -2.48. The molecule has 0 N–H and O–H groups in total. The van der Waals surface area contributed by atoms with E-state index in [2.05, 4.69) is 20.4 Å². The summed E-state index contributed by atoms with van der Waals surface area (Å²) in [7, 11) is 0. The number of hydrogen-bond acceptors (Lipinski definition) is 7. The summed E-state index contributed by atoms with van der Waals surface area (Å²) in [5.41, 5.74) is 0.330. The van der Waals surface area contributed by atoms with Crippen molar-refractivity contribution in [3.8, 4) is 5.69 Å². The molecule has 1 amide bonds. The molecule has 156 valence electrons. The SMILES string of the molecule is CCOC(=O)CCC(=O)N1CCN(Cc2nnnn2-c2ccc(F)c(F)c2)CC1. The molecule has 0 unspecified atom stereocenters. The van der Waals surface area contributed by atoms with Gasteiger partial charge in [0, 0.05) is 38.7 Å². The number of ether oxygens (including phenoxy) is 1. The highest BCUT2D eigenvalue weighted by Gasteiger charge is 2.23. The molecular weight excluding hydrogens is 386 g/mol. The summed E-state index contributed by atoms with van der Waals surface area (Å²) in [6, 6.07) is 3.46. The zero-order chi connectivity index (χ0) is 20.8. The predicted octanol–water partition coefficient (Wildman–Crippen LogP) is 0.928. The van der Waals surface area contributed by atoms with Gasteiger partial charge in [0.1, 0.15) is 0 Å². The molecule has 3 rings (SSSR count). The average molecular weight is 408 g/mol. The number of tetrazole rings is 1. The maximum atomic E-state index is 13.5. The first kappa shape index (κ1) is 20.8. The zero-order valence-electron chi connectivity index (χ0n) is 16.1. The summed E-state index contributed by atoms with van der Waals surface area (Å²) < 4.78 is 32.8. The Balaban J connectivity index is 1.53. The van der Waals surface area contributed by atoms with E-state index in [0.29, 0.717) is 50.8 Å². The van der Waals surface area contributed by atoms with E-state index in [9.17, 15) is 18.4 Å². The van der Waals surface area contributed by atoms with E-state index in [0.717, 1.165) is 12.1 Å². The van der Waals surface area contributed by atoms with Crippen LogP contribution >= 0.6 is 0 Å². The van der Waals surface area contributed by atoms with Gasteiger partial charge >= 0.3 is 5.97 Å². The third kappa shape index (κ3) is 5.31. The van der Waals surface area contributed by atoms with Gasteiger partial charge < -0.3 is 9.64 Å². The van der Waals surface area contributed by atoms with Gasteiger partial charge in [-0.2, -0.15) is 4.68 Å². The standard InChI is InChI=1S/C18H22F2N6O3/c1-2-29-18(28)6-5-17(27)25-9-7-24(8-10-25)12-16-21-22-23-26(16)13-3-4-14(19)15(20)11-13/h3-4,11H,2,5-10,12H2,1H3. The minimum Gasteiger partial charge on any atom is -0.466 e. The monoisotopic (exact) mass is 408 g/mol. The maximum absolute atomic E-state index is 13.5. The number of carbonyl (C=O) groups excluding carboxylic acids is 2. The molecule has 29 heavy (non-hydrogen) atoms. The molecule has 0 atom stereocenters. The van der Waals surface area contributed by atoms with E-state index in [1.54, 1.807) is 11.8 Å². The quantitative estimate of drug-likeness (QED) is 0.629. The minimum absolute atomic E-state index is 0.0793. The van der Waals surface area contributed by atoms with Gasteiger partial charge in [0.25, 0.3) is 0 Å². The molecule has 0 spiro atoms. The average Bonchev–Trinajstić information content (AvgIpc) is 3.17. The van der Waals surface area contributed by atoms with Crippen molar-refractivity contribution in [2.45, 2.75) is 26.3 Å². The summed E-state index contributed by atoms with van der Waals surface area (Å²) >= 11 is 0. The second-order valence-electron chi connectivity index (χ2n) is 6.57. The number of aromatic nitrogens is 4. The molecule has 1 saturated heterocycles. The van der Waals surface area contributed by atoms with E-state index >= 15 is 0 Å². The number of carbonyl (C=O) groups is 2. The summed E-state index contributed by atoms with van der Waals surface area (Å²) in [6.07, 6.45) is 0.211. The Hall–Kier alpha value is -2.95. The van der Waals surface area contributed by atoms with Crippen molar-refractivity contribution in [1.29, 1.82) is 0 Å². The lowest BCUT2D eigenvalue weighted by Gasteiger charge is -2.34.